The Morgan fingerprint density at radius 3 is 3.09 bits per heavy atom. The third kappa shape index (κ3) is 0.973. The van der Waals surface area contributed by atoms with Crippen LogP contribution in [0.15, 0.2) is 22.9 Å². The second kappa shape index (κ2) is 2.20. The molecule has 1 aromatic carbocycles. The van der Waals surface area contributed by atoms with Crippen LogP contribution in [0, 0.1) is 5.82 Å². The van der Waals surface area contributed by atoms with Crippen LogP contribution in [0.3, 0.4) is 0 Å². The van der Waals surface area contributed by atoms with Gasteiger partial charge in [-0.25, -0.2) is 4.39 Å². The summed E-state index contributed by atoms with van der Waals surface area (Å²) in [5.74, 6) is -0.490. The molecule has 0 bridgehead atoms. The molecule has 0 amide bonds. The zero-order valence-corrected chi connectivity index (χ0v) is 6.10. The van der Waals surface area contributed by atoms with Gasteiger partial charge in [0.05, 0.1) is 11.2 Å². The second-order valence-corrected chi connectivity index (χ2v) is 2.54. The summed E-state index contributed by atoms with van der Waals surface area (Å²) in [6.45, 7) is 0. The Balaban J connectivity index is 2.86. The lowest BCUT2D eigenvalue weighted by molar-refractivity contribution is 0.454. The molecule has 11 heavy (non-hydrogen) atoms. The van der Waals surface area contributed by atoms with Crippen LogP contribution in [-0.2, 0) is 0 Å². The number of rotatable bonds is 0. The summed E-state index contributed by atoms with van der Waals surface area (Å²) in [5, 5.41) is 4.27. The van der Waals surface area contributed by atoms with Gasteiger partial charge in [-0.15, -0.1) is 0 Å². The number of hydrogen-bond donors (Lipinski definition) is 0. The Bertz CT molecular complexity index is 362. The van der Waals surface area contributed by atoms with E-state index in [2.05, 4.69) is 5.16 Å². The summed E-state index contributed by atoms with van der Waals surface area (Å²) in [4.78, 5) is 0. The molecule has 0 radical (unpaired) electrons. The van der Waals surface area contributed by atoms with E-state index in [1.54, 1.807) is 0 Å². The average Bonchev–Trinajstić information content (AvgIpc) is 2.36. The number of fused-ring (bicyclic) bond motifs is 1. The molecule has 56 valence electrons. The topological polar surface area (TPSA) is 26.0 Å². The SMILES string of the molecule is Fc1cc2oncc2cc1Cl. The molecule has 0 saturated carbocycles. The maximum Gasteiger partial charge on any atom is 0.169 e. The molecule has 1 heterocycles. The van der Waals surface area contributed by atoms with Crippen molar-refractivity contribution in [2.75, 3.05) is 0 Å². The van der Waals surface area contributed by atoms with Crippen molar-refractivity contribution in [3.63, 3.8) is 0 Å². The summed E-state index contributed by atoms with van der Waals surface area (Å²) in [5.41, 5.74) is 0.409. The fourth-order valence-electron chi connectivity index (χ4n) is 0.864. The van der Waals surface area contributed by atoms with E-state index in [1.807, 2.05) is 0 Å². The molecule has 2 rings (SSSR count). The number of hydrogen-bond acceptors (Lipinski definition) is 2. The average molecular weight is 172 g/mol. The first-order valence-corrected chi connectivity index (χ1v) is 3.34. The van der Waals surface area contributed by atoms with Gasteiger partial charge in [-0.05, 0) is 6.07 Å². The summed E-state index contributed by atoms with van der Waals surface area (Å²) < 4.78 is 17.4. The first-order chi connectivity index (χ1) is 5.27. The summed E-state index contributed by atoms with van der Waals surface area (Å²) >= 11 is 5.50. The lowest BCUT2D eigenvalue weighted by Crippen LogP contribution is -1.74. The van der Waals surface area contributed by atoms with Crippen LogP contribution in [-0.4, -0.2) is 5.16 Å². The molecular formula is C7H3ClFNO. The third-order valence-electron chi connectivity index (χ3n) is 1.40. The van der Waals surface area contributed by atoms with Crippen LogP contribution < -0.4 is 0 Å². The highest BCUT2D eigenvalue weighted by molar-refractivity contribution is 6.31. The predicted molar refractivity (Wildman–Crippen MR) is 39.0 cm³/mol. The maximum absolute atomic E-state index is 12.7. The van der Waals surface area contributed by atoms with Gasteiger partial charge in [-0.2, -0.15) is 0 Å². The van der Waals surface area contributed by atoms with Crippen LogP contribution in [0.5, 0.6) is 0 Å². The summed E-state index contributed by atoms with van der Waals surface area (Å²) in [7, 11) is 0. The van der Waals surface area contributed by atoms with E-state index in [1.165, 1.54) is 18.3 Å². The first kappa shape index (κ1) is 6.61. The third-order valence-corrected chi connectivity index (χ3v) is 1.69. The number of halogens is 2. The number of nitrogens with zero attached hydrogens (tertiary/aromatic N) is 1. The summed E-state index contributed by atoms with van der Waals surface area (Å²) in [6, 6.07) is 2.69. The predicted octanol–water partition coefficient (Wildman–Crippen LogP) is 2.62. The van der Waals surface area contributed by atoms with Gasteiger partial charge < -0.3 is 4.52 Å². The van der Waals surface area contributed by atoms with Gasteiger partial charge in [0.2, 0.25) is 0 Å². The standard InChI is InChI=1S/C7H3ClFNO/c8-5-1-4-3-10-11-7(4)2-6(5)9/h1-3H. The van der Waals surface area contributed by atoms with Crippen molar-refractivity contribution < 1.29 is 8.91 Å². The Hall–Kier alpha value is -1.09. The van der Waals surface area contributed by atoms with Crippen LogP contribution >= 0.6 is 11.6 Å². The quantitative estimate of drug-likeness (QED) is 0.609. The Kier molecular flexibility index (Phi) is 1.32. The van der Waals surface area contributed by atoms with Gasteiger partial charge in [0, 0.05) is 11.5 Å². The molecule has 2 aromatic rings. The Morgan fingerprint density at radius 1 is 1.45 bits per heavy atom. The minimum absolute atomic E-state index is 0.0840. The van der Waals surface area contributed by atoms with E-state index in [4.69, 9.17) is 16.1 Å². The molecule has 0 aliphatic carbocycles. The highest BCUT2D eigenvalue weighted by atomic mass is 35.5. The van der Waals surface area contributed by atoms with E-state index in [9.17, 15) is 4.39 Å². The lowest BCUT2D eigenvalue weighted by Gasteiger charge is -1.90. The van der Waals surface area contributed by atoms with Crippen molar-refractivity contribution in [2.24, 2.45) is 0 Å². The van der Waals surface area contributed by atoms with Crippen molar-refractivity contribution in [1.29, 1.82) is 0 Å². The zero-order valence-electron chi connectivity index (χ0n) is 5.34. The van der Waals surface area contributed by atoms with Gasteiger partial charge in [0.15, 0.2) is 5.58 Å². The van der Waals surface area contributed by atoms with Crippen LogP contribution in [0.25, 0.3) is 11.0 Å². The zero-order chi connectivity index (χ0) is 7.84. The molecule has 0 aliphatic rings. The van der Waals surface area contributed by atoms with Gasteiger partial charge in [0.1, 0.15) is 5.82 Å². The molecule has 0 atom stereocenters. The molecule has 0 spiro atoms. The maximum atomic E-state index is 12.7. The van der Waals surface area contributed by atoms with Gasteiger partial charge in [-0.1, -0.05) is 16.8 Å². The smallest absolute Gasteiger partial charge is 0.169 e. The monoisotopic (exact) mass is 171 g/mol. The van der Waals surface area contributed by atoms with Crippen molar-refractivity contribution in [3.05, 3.63) is 29.2 Å². The van der Waals surface area contributed by atoms with Crippen molar-refractivity contribution in [3.8, 4) is 0 Å². The van der Waals surface area contributed by atoms with Gasteiger partial charge in [0.25, 0.3) is 0 Å². The van der Waals surface area contributed by atoms with Crippen LogP contribution in [0.4, 0.5) is 4.39 Å². The molecule has 1 aromatic heterocycles. The van der Waals surface area contributed by atoms with Gasteiger partial charge in [-0.3, -0.25) is 0 Å². The van der Waals surface area contributed by atoms with Crippen LogP contribution in [0.2, 0.25) is 5.02 Å². The Morgan fingerprint density at radius 2 is 2.27 bits per heavy atom. The fourth-order valence-corrected chi connectivity index (χ4v) is 1.04. The minimum Gasteiger partial charge on any atom is -0.356 e. The molecular weight excluding hydrogens is 169 g/mol. The highest BCUT2D eigenvalue weighted by Gasteiger charge is 2.04. The largest absolute Gasteiger partial charge is 0.356 e. The Labute approximate surface area is 66.5 Å². The molecule has 2 nitrogen and oxygen atoms in total. The molecule has 0 N–H and O–H groups in total. The van der Waals surface area contributed by atoms with E-state index < -0.39 is 5.82 Å². The molecule has 0 unspecified atom stereocenters. The fraction of sp³-hybridized carbons (Fsp3) is 0. The molecule has 0 saturated heterocycles. The molecule has 0 fully saturated rings. The van der Waals surface area contributed by atoms with Crippen LogP contribution in [0.1, 0.15) is 0 Å². The normalized spacial score (nSPS) is 10.7. The first-order valence-electron chi connectivity index (χ1n) is 2.97. The summed E-state index contributed by atoms with van der Waals surface area (Å²) in [6.07, 6.45) is 1.49. The van der Waals surface area contributed by atoms with Gasteiger partial charge >= 0.3 is 0 Å². The molecule has 4 heteroatoms. The van der Waals surface area contributed by atoms with Crippen molar-refractivity contribution in [2.45, 2.75) is 0 Å². The van der Waals surface area contributed by atoms with E-state index in [-0.39, 0.29) is 5.02 Å². The van der Waals surface area contributed by atoms with E-state index in [0.717, 1.165) is 0 Å². The highest BCUT2D eigenvalue weighted by Crippen LogP contribution is 2.21. The number of benzene rings is 1. The minimum atomic E-state index is -0.490. The lowest BCUT2D eigenvalue weighted by atomic mass is 10.3. The van der Waals surface area contributed by atoms with Crippen molar-refractivity contribution >= 4 is 22.6 Å². The number of aromatic nitrogens is 1. The molecule has 0 aliphatic heterocycles. The van der Waals surface area contributed by atoms with E-state index >= 15 is 0 Å². The van der Waals surface area contributed by atoms with Crippen molar-refractivity contribution in [1.82, 2.24) is 5.16 Å². The second-order valence-electron chi connectivity index (χ2n) is 2.13. The van der Waals surface area contributed by atoms with E-state index in [0.29, 0.717) is 11.0 Å².